The lowest BCUT2D eigenvalue weighted by atomic mass is 9.82. The summed E-state index contributed by atoms with van der Waals surface area (Å²) in [5, 5.41) is 9.15. The van der Waals surface area contributed by atoms with E-state index in [2.05, 4.69) is 4.90 Å². The molecule has 1 fully saturated rings. The summed E-state index contributed by atoms with van der Waals surface area (Å²) in [5.41, 5.74) is 1.16. The minimum atomic E-state index is -0.0763. The lowest BCUT2D eigenvalue weighted by molar-refractivity contribution is -0.114. The maximum absolute atomic E-state index is 11.0. The third-order valence-corrected chi connectivity index (χ3v) is 3.19. The molecule has 78 valence electrons. The van der Waals surface area contributed by atoms with Gasteiger partial charge in [-0.1, -0.05) is 0 Å². The molecule has 0 amide bonds. The van der Waals surface area contributed by atoms with Gasteiger partial charge in [0.15, 0.2) is 5.78 Å². The van der Waals surface area contributed by atoms with Gasteiger partial charge in [0.2, 0.25) is 0 Å². The van der Waals surface area contributed by atoms with E-state index in [0.717, 1.165) is 31.5 Å². The number of rotatable bonds is 3. The number of carbonyl (C=O) groups is 1. The van der Waals surface area contributed by atoms with E-state index >= 15 is 0 Å². The number of hydrogen-bond acceptors (Lipinski definition) is 3. The Labute approximate surface area is 84.4 Å². The van der Waals surface area contributed by atoms with Crippen molar-refractivity contribution in [1.29, 1.82) is 0 Å². The van der Waals surface area contributed by atoms with Gasteiger partial charge in [0, 0.05) is 31.8 Å². The average Bonchev–Trinajstić information content (AvgIpc) is 2.49. The monoisotopic (exact) mass is 195 g/mol. The van der Waals surface area contributed by atoms with Crippen molar-refractivity contribution in [3.05, 3.63) is 11.8 Å². The topological polar surface area (TPSA) is 40.5 Å². The van der Waals surface area contributed by atoms with Crippen molar-refractivity contribution in [3.63, 3.8) is 0 Å². The van der Waals surface area contributed by atoms with Crippen LogP contribution in [0.3, 0.4) is 0 Å². The molecule has 0 aromatic carbocycles. The van der Waals surface area contributed by atoms with Crippen molar-refractivity contribution in [3.8, 4) is 0 Å². The largest absolute Gasteiger partial charge is 0.393 e. The molecule has 14 heavy (non-hydrogen) atoms. The zero-order chi connectivity index (χ0) is 10.1. The molecular formula is C11H17NO2. The van der Waals surface area contributed by atoms with Crippen molar-refractivity contribution in [2.75, 3.05) is 13.6 Å². The second kappa shape index (κ2) is 3.73. The standard InChI is InChI=1S/C11H17NO2/c1-12(7-8-4-11(14)5-8)9-2-3-10(13)6-9/h6,8,11,14H,2-5,7H2,1H3. The molecule has 0 aromatic heterocycles. The van der Waals surface area contributed by atoms with Gasteiger partial charge in [0.1, 0.15) is 0 Å². The van der Waals surface area contributed by atoms with Crippen LogP contribution < -0.4 is 0 Å². The molecule has 1 N–H and O–H groups in total. The van der Waals surface area contributed by atoms with Gasteiger partial charge in [0.25, 0.3) is 0 Å². The van der Waals surface area contributed by atoms with Crippen LogP contribution in [0.5, 0.6) is 0 Å². The molecule has 0 bridgehead atoms. The summed E-state index contributed by atoms with van der Waals surface area (Å²) in [6, 6.07) is 0. The van der Waals surface area contributed by atoms with Gasteiger partial charge >= 0.3 is 0 Å². The Morgan fingerprint density at radius 2 is 2.21 bits per heavy atom. The van der Waals surface area contributed by atoms with Crippen LogP contribution >= 0.6 is 0 Å². The molecule has 0 atom stereocenters. The SMILES string of the molecule is CN(CC1CC(O)C1)C1=CC(=O)CC1. The van der Waals surface area contributed by atoms with Gasteiger partial charge in [-0.05, 0) is 25.2 Å². The molecule has 0 aliphatic heterocycles. The highest BCUT2D eigenvalue weighted by Gasteiger charge is 2.28. The highest BCUT2D eigenvalue weighted by molar-refractivity contribution is 5.92. The number of carbonyl (C=O) groups excluding carboxylic acids is 1. The fourth-order valence-electron chi connectivity index (χ4n) is 2.24. The first-order valence-electron chi connectivity index (χ1n) is 5.28. The zero-order valence-electron chi connectivity index (χ0n) is 8.57. The third kappa shape index (κ3) is 1.98. The molecule has 0 heterocycles. The highest BCUT2D eigenvalue weighted by Crippen LogP contribution is 2.29. The summed E-state index contributed by atoms with van der Waals surface area (Å²) >= 11 is 0. The first kappa shape index (κ1) is 9.71. The van der Waals surface area contributed by atoms with Crippen molar-refractivity contribution < 1.29 is 9.90 Å². The molecule has 0 radical (unpaired) electrons. The molecule has 2 aliphatic rings. The van der Waals surface area contributed by atoms with E-state index < -0.39 is 0 Å². The summed E-state index contributed by atoms with van der Waals surface area (Å²) in [6.45, 7) is 0.982. The number of aliphatic hydroxyl groups excluding tert-OH is 1. The van der Waals surface area contributed by atoms with Gasteiger partial charge in [-0.2, -0.15) is 0 Å². The van der Waals surface area contributed by atoms with Gasteiger partial charge in [-0.3, -0.25) is 4.79 Å². The predicted octanol–water partition coefficient (Wildman–Crippen LogP) is 0.936. The highest BCUT2D eigenvalue weighted by atomic mass is 16.3. The second-order valence-corrected chi connectivity index (χ2v) is 4.47. The molecule has 0 spiro atoms. The van der Waals surface area contributed by atoms with Crippen LogP contribution in [0.15, 0.2) is 11.8 Å². The Hall–Kier alpha value is -0.830. The first-order valence-corrected chi connectivity index (χ1v) is 5.28. The predicted molar refractivity (Wildman–Crippen MR) is 53.7 cm³/mol. The lowest BCUT2D eigenvalue weighted by Crippen LogP contribution is -2.36. The van der Waals surface area contributed by atoms with E-state index in [1.165, 1.54) is 0 Å². The molecule has 3 nitrogen and oxygen atoms in total. The fourth-order valence-corrected chi connectivity index (χ4v) is 2.24. The maximum atomic E-state index is 11.0. The van der Waals surface area contributed by atoms with Gasteiger partial charge in [-0.15, -0.1) is 0 Å². The Kier molecular flexibility index (Phi) is 2.59. The van der Waals surface area contributed by atoms with E-state index in [-0.39, 0.29) is 11.9 Å². The van der Waals surface area contributed by atoms with E-state index in [1.54, 1.807) is 6.08 Å². The Morgan fingerprint density at radius 1 is 1.50 bits per heavy atom. The summed E-state index contributed by atoms with van der Waals surface area (Å²) in [4.78, 5) is 13.2. The molecule has 2 aliphatic carbocycles. The Balaban J connectivity index is 1.81. The van der Waals surface area contributed by atoms with E-state index in [0.29, 0.717) is 12.3 Å². The van der Waals surface area contributed by atoms with Gasteiger partial charge < -0.3 is 10.0 Å². The number of hydrogen-bond donors (Lipinski definition) is 1. The number of ketones is 1. The molecule has 0 aromatic rings. The molecule has 2 rings (SSSR count). The van der Waals surface area contributed by atoms with Crippen molar-refractivity contribution >= 4 is 5.78 Å². The second-order valence-electron chi connectivity index (χ2n) is 4.47. The van der Waals surface area contributed by atoms with E-state index in [4.69, 9.17) is 5.11 Å². The quantitative estimate of drug-likeness (QED) is 0.728. The molecule has 0 unspecified atom stereocenters. The van der Waals surface area contributed by atoms with Crippen molar-refractivity contribution in [2.24, 2.45) is 5.92 Å². The minimum Gasteiger partial charge on any atom is -0.393 e. The summed E-state index contributed by atoms with van der Waals surface area (Å²) in [7, 11) is 2.04. The van der Waals surface area contributed by atoms with Crippen LogP contribution in [-0.4, -0.2) is 35.5 Å². The van der Waals surface area contributed by atoms with Crippen molar-refractivity contribution in [2.45, 2.75) is 31.8 Å². The molecule has 1 saturated carbocycles. The number of nitrogens with zero attached hydrogens (tertiary/aromatic N) is 1. The van der Waals surface area contributed by atoms with Gasteiger partial charge in [-0.25, -0.2) is 0 Å². The molecule has 3 heteroatoms. The van der Waals surface area contributed by atoms with E-state index in [1.807, 2.05) is 7.05 Å². The van der Waals surface area contributed by atoms with Crippen LogP contribution in [0.25, 0.3) is 0 Å². The maximum Gasteiger partial charge on any atom is 0.157 e. The Morgan fingerprint density at radius 3 is 2.71 bits per heavy atom. The van der Waals surface area contributed by atoms with Crippen LogP contribution in [0.4, 0.5) is 0 Å². The smallest absolute Gasteiger partial charge is 0.157 e. The first-order chi connectivity index (χ1) is 6.65. The van der Waals surface area contributed by atoms with Crippen LogP contribution in [-0.2, 0) is 4.79 Å². The Bertz CT molecular complexity index is 266. The summed E-state index contributed by atoms with van der Waals surface area (Å²) in [5.74, 6) is 0.868. The van der Waals surface area contributed by atoms with Crippen LogP contribution in [0.1, 0.15) is 25.7 Å². The van der Waals surface area contributed by atoms with Gasteiger partial charge in [0.05, 0.1) is 6.10 Å². The minimum absolute atomic E-state index is 0.0763. The number of aliphatic hydroxyl groups is 1. The zero-order valence-corrected chi connectivity index (χ0v) is 8.57. The molecule has 0 saturated heterocycles. The van der Waals surface area contributed by atoms with Crippen molar-refractivity contribution in [1.82, 2.24) is 4.90 Å². The normalized spacial score (nSPS) is 31.3. The lowest BCUT2D eigenvalue weighted by Gasteiger charge is -2.35. The van der Waals surface area contributed by atoms with Crippen LogP contribution in [0.2, 0.25) is 0 Å². The fraction of sp³-hybridized carbons (Fsp3) is 0.727. The summed E-state index contributed by atoms with van der Waals surface area (Å²) in [6.07, 6.45) is 5.09. The third-order valence-electron chi connectivity index (χ3n) is 3.19. The molecular weight excluding hydrogens is 178 g/mol. The van der Waals surface area contributed by atoms with Crippen LogP contribution in [0, 0.1) is 5.92 Å². The van der Waals surface area contributed by atoms with E-state index in [9.17, 15) is 4.79 Å². The average molecular weight is 195 g/mol. The number of allylic oxidation sites excluding steroid dienone is 2. The summed E-state index contributed by atoms with van der Waals surface area (Å²) < 4.78 is 0.